The predicted octanol–water partition coefficient (Wildman–Crippen LogP) is 1.85. The van der Waals surface area contributed by atoms with Gasteiger partial charge >= 0.3 is 5.97 Å². The third-order valence-electron chi connectivity index (χ3n) is 3.01. The molecule has 2 rings (SSSR count). The molecule has 94 valence electrons. The van der Waals surface area contributed by atoms with Crippen molar-refractivity contribution in [3.63, 3.8) is 0 Å². The lowest BCUT2D eigenvalue weighted by Crippen LogP contribution is -2.28. The van der Waals surface area contributed by atoms with Crippen LogP contribution < -0.4 is 10.6 Å². The van der Waals surface area contributed by atoms with Crippen LogP contribution >= 0.6 is 0 Å². The van der Waals surface area contributed by atoms with Crippen LogP contribution in [0.25, 0.3) is 0 Å². The largest absolute Gasteiger partial charge is 0.478 e. The van der Waals surface area contributed by atoms with Gasteiger partial charge in [0, 0.05) is 18.3 Å². The molecule has 1 fully saturated rings. The number of nitrogens with zero attached hydrogens (tertiary/aromatic N) is 2. The molecular weight excluding hydrogens is 230 g/mol. The van der Waals surface area contributed by atoms with Crippen molar-refractivity contribution in [1.82, 2.24) is 0 Å². The Morgan fingerprint density at radius 1 is 1.56 bits per heavy atom. The summed E-state index contributed by atoms with van der Waals surface area (Å²) in [5.41, 5.74) is 6.93. The number of hydrogen-bond donors (Lipinski definition) is 2. The predicted molar refractivity (Wildman–Crippen MR) is 68.4 cm³/mol. The minimum Gasteiger partial charge on any atom is -0.478 e. The van der Waals surface area contributed by atoms with Gasteiger partial charge in [0.05, 0.1) is 23.7 Å². The van der Waals surface area contributed by atoms with Crippen LogP contribution in [-0.4, -0.2) is 23.7 Å². The Bertz CT molecular complexity index is 503. The van der Waals surface area contributed by atoms with Crippen LogP contribution in [0.15, 0.2) is 18.2 Å². The van der Waals surface area contributed by atoms with Crippen molar-refractivity contribution in [3.8, 4) is 6.07 Å². The van der Waals surface area contributed by atoms with Gasteiger partial charge in [-0.05, 0) is 31.0 Å². The molecule has 0 heterocycles. The topological polar surface area (TPSA) is 90.4 Å². The molecule has 18 heavy (non-hydrogen) atoms. The van der Waals surface area contributed by atoms with Gasteiger partial charge in [-0.15, -0.1) is 0 Å². The second-order valence-electron chi connectivity index (χ2n) is 4.41. The highest BCUT2D eigenvalue weighted by Crippen LogP contribution is 2.34. The summed E-state index contributed by atoms with van der Waals surface area (Å²) in [6, 6.07) is 7.36. The molecule has 5 nitrogen and oxygen atoms in total. The molecule has 0 saturated heterocycles. The van der Waals surface area contributed by atoms with Gasteiger partial charge in [0.1, 0.15) is 0 Å². The van der Waals surface area contributed by atoms with E-state index in [1.54, 1.807) is 12.1 Å². The Morgan fingerprint density at radius 3 is 2.83 bits per heavy atom. The van der Waals surface area contributed by atoms with Crippen LogP contribution in [-0.2, 0) is 0 Å². The lowest BCUT2D eigenvalue weighted by Gasteiger charge is -2.25. The number of carbonyl (C=O) groups is 1. The fraction of sp³-hybridized carbons (Fsp3) is 0.385. The lowest BCUT2D eigenvalue weighted by molar-refractivity contribution is 0.0697. The zero-order chi connectivity index (χ0) is 13.1. The SMILES string of the molecule is N#CCCN(c1ccc(N)cc1C(=O)O)C1CC1. The number of anilines is 2. The standard InChI is InChI=1S/C13H15N3O2/c14-6-1-7-16(10-3-4-10)12-5-2-9(15)8-11(12)13(17)18/h2,5,8,10H,1,3-4,7,15H2,(H,17,18). The number of nitriles is 1. The molecule has 0 radical (unpaired) electrons. The number of carboxylic acid groups (broad SMARTS) is 1. The molecule has 1 aliphatic rings. The second-order valence-corrected chi connectivity index (χ2v) is 4.41. The summed E-state index contributed by atoms with van der Waals surface area (Å²) in [4.78, 5) is 13.3. The van der Waals surface area contributed by atoms with Crippen molar-refractivity contribution < 1.29 is 9.90 Å². The summed E-state index contributed by atoms with van der Waals surface area (Å²) in [6.07, 6.45) is 2.49. The summed E-state index contributed by atoms with van der Waals surface area (Å²) in [5, 5.41) is 17.9. The third kappa shape index (κ3) is 2.54. The van der Waals surface area contributed by atoms with E-state index in [1.165, 1.54) is 6.07 Å². The summed E-state index contributed by atoms with van der Waals surface area (Å²) in [6.45, 7) is 0.561. The van der Waals surface area contributed by atoms with Crippen molar-refractivity contribution in [2.45, 2.75) is 25.3 Å². The van der Waals surface area contributed by atoms with E-state index in [0.29, 0.717) is 30.4 Å². The van der Waals surface area contributed by atoms with Gasteiger partial charge in [-0.2, -0.15) is 5.26 Å². The fourth-order valence-electron chi connectivity index (χ4n) is 2.03. The Balaban J connectivity index is 2.34. The summed E-state index contributed by atoms with van der Waals surface area (Å²) >= 11 is 0. The molecule has 1 saturated carbocycles. The Labute approximate surface area is 105 Å². The lowest BCUT2D eigenvalue weighted by atomic mass is 10.1. The maximum atomic E-state index is 11.2. The smallest absolute Gasteiger partial charge is 0.337 e. The highest BCUT2D eigenvalue weighted by atomic mass is 16.4. The maximum absolute atomic E-state index is 11.2. The average molecular weight is 245 g/mol. The molecule has 5 heteroatoms. The number of nitrogen functional groups attached to an aromatic ring is 1. The van der Waals surface area contributed by atoms with E-state index in [9.17, 15) is 9.90 Å². The number of aromatic carboxylic acids is 1. The molecule has 1 aliphatic carbocycles. The molecule has 0 amide bonds. The molecule has 1 aromatic rings. The molecular formula is C13H15N3O2. The number of rotatable bonds is 5. The van der Waals surface area contributed by atoms with Crippen molar-refractivity contribution in [3.05, 3.63) is 23.8 Å². The Morgan fingerprint density at radius 2 is 2.28 bits per heavy atom. The van der Waals surface area contributed by atoms with Crippen molar-refractivity contribution in [1.29, 1.82) is 5.26 Å². The summed E-state index contributed by atoms with van der Waals surface area (Å²) < 4.78 is 0. The number of hydrogen-bond acceptors (Lipinski definition) is 4. The normalized spacial score (nSPS) is 13.9. The van der Waals surface area contributed by atoms with E-state index in [2.05, 4.69) is 6.07 Å². The molecule has 0 bridgehead atoms. The summed E-state index contributed by atoms with van der Waals surface area (Å²) in [7, 11) is 0. The molecule has 0 unspecified atom stereocenters. The van der Waals surface area contributed by atoms with Gasteiger partial charge in [0.25, 0.3) is 0 Å². The molecule has 3 N–H and O–H groups in total. The van der Waals surface area contributed by atoms with Crippen molar-refractivity contribution >= 4 is 17.3 Å². The van der Waals surface area contributed by atoms with Crippen LogP contribution in [0.2, 0.25) is 0 Å². The van der Waals surface area contributed by atoms with Gasteiger partial charge in [-0.25, -0.2) is 4.79 Å². The van der Waals surface area contributed by atoms with Crippen LogP contribution in [0.5, 0.6) is 0 Å². The van der Waals surface area contributed by atoms with Gasteiger partial charge in [-0.1, -0.05) is 0 Å². The molecule has 0 atom stereocenters. The third-order valence-corrected chi connectivity index (χ3v) is 3.01. The highest BCUT2D eigenvalue weighted by molar-refractivity contribution is 5.95. The van der Waals surface area contributed by atoms with Gasteiger partial charge < -0.3 is 15.7 Å². The first-order chi connectivity index (χ1) is 8.63. The highest BCUT2D eigenvalue weighted by Gasteiger charge is 2.31. The number of benzene rings is 1. The summed E-state index contributed by atoms with van der Waals surface area (Å²) in [5.74, 6) is -0.986. The van der Waals surface area contributed by atoms with Crippen molar-refractivity contribution in [2.24, 2.45) is 0 Å². The molecule has 0 aliphatic heterocycles. The van der Waals surface area contributed by atoms with E-state index in [1.807, 2.05) is 4.90 Å². The van der Waals surface area contributed by atoms with Gasteiger partial charge in [0.2, 0.25) is 0 Å². The van der Waals surface area contributed by atoms with E-state index >= 15 is 0 Å². The first kappa shape index (κ1) is 12.2. The zero-order valence-corrected chi connectivity index (χ0v) is 9.97. The Hall–Kier alpha value is -2.22. The van der Waals surface area contributed by atoms with E-state index in [-0.39, 0.29) is 5.56 Å². The number of nitrogens with two attached hydrogens (primary N) is 1. The second kappa shape index (κ2) is 4.96. The quantitative estimate of drug-likeness (QED) is 0.772. The van der Waals surface area contributed by atoms with E-state index in [4.69, 9.17) is 11.0 Å². The van der Waals surface area contributed by atoms with Crippen LogP contribution in [0.3, 0.4) is 0 Å². The molecule has 0 spiro atoms. The van der Waals surface area contributed by atoms with Crippen molar-refractivity contribution in [2.75, 3.05) is 17.2 Å². The van der Waals surface area contributed by atoms with Gasteiger partial charge in [0.15, 0.2) is 0 Å². The fourth-order valence-corrected chi connectivity index (χ4v) is 2.03. The maximum Gasteiger partial charge on any atom is 0.337 e. The number of carboxylic acids is 1. The molecule has 1 aromatic carbocycles. The van der Waals surface area contributed by atoms with Gasteiger partial charge in [-0.3, -0.25) is 0 Å². The minimum atomic E-state index is -0.986. The van der Waals surface area contributed by atoms with Crippen LogP contribution in [0.1, 0.15) is 29.6 Å². The van der Waals surface area contributed by atoms with E-state index < -0.39 is 5.97 Å². The zero-order valence-electron chi connectivity index (χ0n) is 9.97. The van der Waals surface area contributed by atoms with E-state index in [0.717, 1.165) is 12.8 Å². The monoisotopic (exact) mass is 245 g/mol. The first-order valence-electron chi connectivity index (χ1n) is 5.90. The average Bonchev–Trinajstić information content (AvgIpc) is 3.15. The van der Waals surface area contributed by atoms with Crippen LogP contribution in [0.4, 0.5) is 11.4 Å². The molecule has 0 aromatic heterocycles. The first-order valence-corrected chi connectivity index (χ1v) is 5.90. The van der Waals surface area contributed by atoms with Crippen LogP contribution in [0, 0.1) is 11.3 Å². The minimum absolute atomic E-state index is 0.208. The Kier molecular flexibility index (Phi) is 3.38.